The van der Waals surface area contributed by atoms with E-state index in [9.17, 15) is 0 Å². The largest absolute Gasteiger partial charge is 0.326 e. The molecule has 1 aromatic heterocycles. The molecule has 5 heteroatoms. The van der Waals surface area contributed by atoms with Crippen molar-refractivity contribution in [1.29, 1.82) is 5.26 Å². The normalized spacial score (nSPS) is 7.33. The van der Waals surface area contributed by atoms with Crippen molar-refractivity contribution in [2.45, 2.75) is 6.54 Å². The predicted molar refractivity (Wildman–Crippen MR) is 51.3 cm³/mol. The van der Waals surface area contributed by atoms with Gasteiger partial charge in [-0.3, -0.25) is 0 Å². The summed E-state index contributed by atoms with van der Waals surface area (Å²) in [6.07, 6.45) is 1.58. The zero-order chi connectivity index (χ0) is 7.40. The van der Waals surface area contributed by atoms with Crippen molar-refractivity contribution in [3.63, 3.8) is 0 Å². The Balaban J connectivity index is 0. The third-order valence-corrected chi connectivity index (χ3v) is 1.22. The van der Waals surface area contributed by atoms with Gasteiger partial charge in [0.25, 0.3) is 0 Å². The molecule has 0 bridgehead atoms. The van der Waals surface area contributed by atoms with Crippen molar-refractivity contribution >= 4 is 24.8 Å². The van der Waals surface area contributed by atoms with Crippen LogP contribution in [0.5, 0.6) is 0 Å². The highest BCUT2D eigenvalue weighted by molar-refractivity contribution is 5.85. The molecule has 0 aliphatic rings. The monoisotopic (exact) mass is 205 g/mol. The highest BCUT2D eigenvalue weighted by atomic mass is 35.5. The zero-order valence-corrected chi connectivity index (χ0v) is 7.86. The topological polar surface area (TPSA) is 62.7 Å². The Morgan fingerprint density at radius 2 is 2.17 bits per heavy atom. The van der Waals surface area contributed by atoms with E-state index in [1.165, 1.54) is 0 Å². The third kappa shape index (κ3) is 3.05. The minimum absolute atomic E-state index is 0. The Bertz CT molecular complexity index is 270. The lowest BCUT2D eigenvalue weighted by Crippen LogP contribution is -2.00. The maximum Gasteiger partial charge on any atom is 0.144 e. The van der Waals surface area contributed by atoms with Crippen LogP contribution in [0.1, 0.15) is 11.3 Å². The fourth-order valence-electron chi connectivity index (χ4n) is 0.704. The molecule has 0 amide bonds. The summed E-state index contributed by atoms with van der Waals surface area (Å²) < 4.78 is 0. The molecule has 0 unspecified atom stereocenters. The van der Waals surface area contributed by atoms with E-state index >= 15 is 0 Å². The Kier molecular flexibility index (Phi) is 7.86. The molecule has 0 fully saturated rings. The second kappa shape index (κ2) is 6.86. The van der Waals surface area contributed by atoms with Gasteiger partial charge >= 0.3 is 0 Å². The van der Waals surface area contributed by atoms with E-state index in [0.717, 1.165) is 5.56 Å². The van der Waals surface area contributed by atoms with Crippen molar-refractivity contribution in [2.75, 3.05) is 0 Å². The van der Waals surface area contributed by atoms with Crippen LogP contribution in [0.2, 0.25) is 0 Å². The van der Waals surface area contributed by atoms with Crippen LogP contribution in [-0.2, 0) is 6.54 Å². The van der Waals surface area contributed by atoms with Gasteiger partial charge in [0, 0.05) is 18.3 Å². The SMILES string of the molecule is Cl.Cl.N#Cc1ncccc1CN. The highest BCUT2D eigenvalue weighted by Gasteiger charge is 1.96. The van der Waals surface area contributed by atoms with E-state index in [4.69, 9.17) is 11.0 Å². The van der Waals surface area contributed by atoms with Crippen molar-refractivity contribution < 1.29 is 0 Å². The lowest BCUT2D eigenvalue weighted by atomic mass is 10.2. The summed E-state index contributed by atoms with van der Waals surface area (Å²) in [4.78, 5) is 3.83. The molecule has 0 atom stereocenters. The van der Waals surface area contributed by atoms with Gasteiger partial charge in [-0.1, -0.05) is 6.07 Å². The Hall–Kier alpha value is -0.820. The predicted octanol–water partition coefficient (Wildman–Crippen LogP) is 1.26. The average molecular weight is 206 g/mol. The van der Waals surface area contributed by atoms with Crippen LogP contribution in [0.15, 0.2) is 18.3 Å². The lowest BCUT2D eigenvalue weighted by Gasteiger charge is -1.95. The van der Waals surface area contributed by atoms with Crippen LogP contribution in [0.25, 0.3) is 0 Å². The molecule has 0 aliphatic heterocycles. The van der Waals surface area contributed by atoms with Crippen LogP contribution >= 0.6 is 24.8 Å². The molecule has 1 heterocycles. The summed E-state index contributed by atoms with van der Waals surface area (Å²) in [5.74, 6) is 0. The van der Waals surface area contributed by atoms with Crippen LogP contribution < -0.4 is 5.73 Å². The summed E-state index contributed by atoms with van der Waals surface area (Å²) in [6, 6.07) is 5.52. The summed E-state index contributed by atoms with van der Waals surface area (Å²) >= 11 is 0. The molecule has 2 N–H and O–H groups in total. The van der Waals surface area contributed by atoms with Gasteiger partial charge in [0.2, 0.25) is 0 Å². The third-order valence-electron chi connectivity index (χ3n) is 1.22. The summed E-state index contributed by atoms with van der Waals surface area (Å²) in [5.41, 5.74) is 6.55. The molecular weight excluding hydrogens is 197 g/mol. The first-order valence-corrected chi connectivity index (χ1v) is 2.92. The van der Waals surface area contributed by atoms with E-state index < -0.39 is 0 Å². The number of nitriles is 1. The first kappa shape index (κ1) is 13.7. The van der Waals surface area contributed by atoms with E-state index in [1.54, 1.807) is 18.3 Å². The van der Waals surface area contributed by atoms with Crippen molar-refractivity contribution in [3.05, 3.63) is 29.6 Å². The number of halogens is 2. The van der Waals surface area contributed by atoms with Gasteiger partial charge in [-0.15, -0.1) is 24.8 Å². The quantitative estimate of drug-likeness (QED) is 0.752. The van der Waals surface area contributed by atoms with Crippen molar-refractivity contribution in [1.82, 2.24) is 4.98 Å². The Labute approximate surface area is 83.4 Å². The Morgan fingerprint density at radius 3 is 2.58 bits per heavy atom. The maximum atomic E-state index is 8.48. The highest BCUT2D eigenvalue weighted by Crippen LogP contribution is 2.00. The zero-order valence-electron chi connectivity index (χ0n) is 6.23. The summed E-state index contributed by atoms with van der Waals surface area (Å²) in [6.45, 7) is 0.372. The molecule has 1 aromatic rings. The molecule has 66 valence electrons. The fraction of sp³-hybridized carbons (Fsp3) is 0.143. The number of nitrogens with two attached hydrogens (primary N) is 1. The standard InChI is InChI=1S/C7H7N3.2ClH/c8-4-6-2-1-3-10-7(6)5-9;;/h1-3H,4,8H2;2*1H. The average Bonchev–Trinajstić information content (AvgIpc) is 2.04. The molecule has 1 rings (SSSR count). The fourth-order valence-corrected chi connectivity index (χ4v) is 0.704. The van der Waals surface area contributed by atoms with Gasteiger partial charge in [0.15, 0.2) is 0 Å². The molecule has 0 aromatic carbocycles. The number of aromatic nitrogens is 1. The van der Waals surface area contributed by atoms with Crippen molar-refractivity contribution in [3.8, 4) is 6.07 Å². The number of hydrogen-bond donors (Lipinski definition) is 1. The second-order valence-electron chi connectivity index (χ2n) is 1.83. The molecular formula is C7H9Cl2N3. The van der Waals surface area contributed by atoms with E-state index in [-0.39, 0.29) is 24.8 Å². The van der Waals surface area contributed by atoms with Gasteiger partial charge < -0.3 is 5.73 Å². The summed E-state index contributed by atoms with van der Waals surface area (Å²) in [5, 5.41) is 8.48. The molecule has 0 spiro atoms. The maximum absolute atomic E-state index is 8.48. The van der Waals surface area contributed by atoms with Gasteiger partial charge in [0.05, 0.1) is 0 Å². The van der Waals surface area contributed by atoms with Crippen LogP contribution in [0.4, 0.5) is 0 Å². The van der Waals surface area contributed by atoms with E-state index in [0.29, 0.717) is 12.2 Å². The molecule has 0 saturated heterocycles. The lowest BCUT2D eigenvalue weighted by molar-refractivity contribution is 1.03. The molecule has 12 heavy (non-hydrogen) atoms. The number of pyridine rings is 1. The summed E-state index contributed by atoms with van der Waals surface area (Å²) in [7, 11) is 0. The van der Waals surface area contributed by atoms with Gasteiger partial charge in [-0.25, -0.2) is 4.98 Å². The van der Waals surface area contributed by atoms with Crippen molar-refractivity contribution in [2.24, 2.45) is 5.73 Å². The number of rotatable bonds is 1. The van der Waals surface area contributed by atoms with Crippen LogP contribution in [0.3, 0.4) is 0 Å². The Morgan fingerprint density at radius 1 is 1.50 bits per heavy atom. The van der Waals surface area contributed by atoms with Crippen LogP contribution in [-0.4, -0.2) is 4.98 Å². The molecule has 0 aliphatic carbocycles. The number of nitrogens with zero attached hydrogens (tertiary/aromatic N) is 2. The number of hydrogen-bond acceptors (Lipinski definition) is 3. The van der Waals surface area contributed by atoms with Crippen LogP contribution in [0, 0.1) is 11.3 Å². The van der Waals surface area contributed by atoms with Gasteiger partial charge in [-0.05, 0) is 6.07 Å². The van der Waals surface area contributed by atoms with Gasteiger partial charge in [0.1, 0.15) is 11.8 Å². The molecule has 0 radical (unpaired) electrons. The van der Waals surface area contributed by atoms with Gasteiger partial charge in [-0.2, -0.15) is 5.26 Å². The minimum Gasteiger partial charge on any atom is -0.326 e. The molecule has 0 saturated carbocycles. The smallest absolute Gasteiger partial charge is 0.144 e. The first-order valence-electron chi connectivity index (χ1n) is 2.92. The first-order chi connectivity index (χ1) is 4.88. The van der Waals surface area contributed by atoms with E-state index in [2.05, 4.69) is 4.98 Å². The van der Waals surface area contributed by atoms with E-state index in [1.807, 2.05) is 6.07 Å². The molecule has 3 nitrogen and oxygen atoms in total. The minimum atomic E-state index is 0. The second-order valence-corrected chi connectivity index (χ2v) is 1.83.